The van der Waals surface area contributed by atoms with Crippen LogP contribution < -0.4 is 5.73 Å². The van der Waals surface area contributed by atoms with E-state index < -0.39 is 0 Å². The Balaban J connectivity index is -0.0000000533. The SMILES string of the molecule is B.CCCCCCCCN.Cl.Cl.Cl. The van der Waals surface area contributed by atoms with Gasteiger partial charge >= 0.3 is 0 Å². The second kappa shape index (κ2) is 29.3. The van der Waals surface area contributed by atoms with Gasteiger partial charge in [-0.15, -0.1) is 37.2 Å². The van der Waals surface area contributed by atoms with Crippen molar-refractivity contribution in [2.75, 3.05) is 6.54 Å². The third-order valence-electron chi connectivity index (χ3n) is 1.56. The van der Waals surface area contributed by atoms with Gasteiger partial charge < -0.3 is 5.73 Å². The number of hydrogen-bond donors (Lipinski definition) is 1. The maximum absolute atomic E-state index is 5.34. The third kappa shape index (κ3) is 32.2. The Morgan fingerprint density at radius 3 is 1.54 bits per heavy atom. The lowest BCUT2D eigenvalue weighted by molar-refractivity contribution is 0.612. The van der Waals surface area contributed by atoms with Crippen molar-refractivity contribution in [2.45, 2.75) is 45.4 Å². The summed E-state index contributed by atoms with van der Waals surface area (Å²) >= 11 is 0. The monoisotopic (exact) mass is 251 g/mol. The maximum atomic E-state index is 5.34. The Kier molecular flexibility index (Phi) is 65.8. The van der Waals surface area contributed by atoms with Crippen molar-refractivity contribution in [3.05, 3.63) is 0 Å². The van der Waals surface area contributed by atoms with Crippen LogP contribution in [0, 0.1) is 0 Å². The van der Waals surface area contributed by atoms with Crippen LogP contribution in [0.1, 0.15) is 45.4 Å². The molecular weight excluding hydrogens is 227 g/mol. The highest BCUT2D eigenvalue weighted by Crippen LogP contribution is 2.03. The zero-order valence-electron chi connectivity index (χ0n) is 7.75. The Hall–Kier alpha value is 0.895. The zero-order chi connectivity index (χ0) is 6.95. The molecule has 0 atom stereocenters. The molecule has 0 spiro atoms. The van der Waals surface area contributed by atoms with Crippen LogP contribution in [0.5, 0.6) is 0 Å². The topological polar surface area (TPSA) is 26.0 Å². The molecule has 0 aliphatic carbocycles. The first-order chi connectivity index (χ1) is 4.41. The van der Waals surface area contributed by atoms with E-state index in [1.807, 2.05) is 0 Å². The summed E-state index contributed by atoms with van der Waals surface area (Å²) in [4.78, 5) is 0. The van der Waals surface area contributed by atoms with Gasteiger partial charge in [-0.2, -0.15) is 0 Å². The first-order valence-corrected chi connectivity index (χ1v) is 4.12. The van der Waals surface area contributed by atoms with Gasteiger partial charge in [0.25, 0.3) is 0 Å². The summed E-state index contributed by atoms with van der Waals surface area (Å²) in [6.07, 6.45) is 8.05. The van der Waals surface area contributed by atoms with Crippen molar-refractivity contribution >= 4 is 45.6 Å². The second-order valence-corrected chi connectivity index (χ2v) is 2.56. The van der Waals surface area contributed by atoms with E-state index in [9.17, 15) is 0 Å². The van der Waals surface area contributed by atoms with Crippen molar-refractivity contribution in [1.29, 1.82) is 0 Å². The highest BCUT2D eigenvalue weighted by molar-refractivity contribution is 5.86. The molecule has 0 heterocycles. The van der Waals surface area contributed by atoms with Gasteiger partial charge in [-0.1, -0.05) is 39.0 Å². The first-order valence-electron chi connectivity index (χ1n) is 4.12. The summed E-state index contributed by atoms with van der Waals surface area (Å²) < 4.78 is 0. The number of halogens is 3. The minimum Gasteiger partial charge on any atom is -0.330 e. The summed E-state index contributed by atoms with van der Waals surface area (Å²) in [6, 6.07) is 0. The molecule has 0 aromatic heterocycles. The summed E-state index contributed by atoms with van der Waals surface area (Å²) in [5, 5.41) is 0. The Morgan fingerprint density at radius 1 is 0.769 bits per heavy atom. The molecule has 5 heteroatoms. The molecule has 0 fully saturated rings. The number of unbranched alkanes of at least 4 members (excludes halogenated alkanes) is 5. The standard InChI is InChI=1S/C8H19N.BH3.3ClH/c1-2-3-4-5-6-7-8-9;;;;/h2-9H2,1H3;1H3;3*1H. The Bertz CT molecular complexity index is 52.7. The van der Waals surface area contributed by atoms with E-state index in [0.717, 1.165) is 6.54 Å². The van der Waals surface area contributed by atoms with Gasteiger partial charge in [0.05, 0.1) is 8.41 Å². The lowest BCUT2D eigenvalue weighted by atomic mass is 10.1. The molecule has 0 amide bonds. The molecule has 86 valence electrons. The predicted octanol–water partition coefficient (Wildman–Crippen LogP) is 2.39. The first kappa shape index (κ1) is 29.2. The summed E-state index contributed by atoms with van der Waals surface area (Å²) in [6.45, 7) is 3.11. The zero-order valence-corrected chi connectivity index (χ0v) is 10.2. The fraction of sp³-hybridized carbons (Fsp3) is 1.00. The van der Waals surface area contributed by atoms with Gasteiger partial charge in [0, 0.05) is 0 Å². The highest BCUT2D eigenvalue weighted by Gasteiger charge is 1.85. The fourth-order valence-corrected chi connectivity index (χ4v) is 0.925. The van der Waals surface area contributed by atoms with Crippen LogP contribution in [0.25, 0.3) is 0 Å². The lowest BCUT2D eigenvalue weighted by Crippen LogP contribution is -1.97. The summed E-state index contributed by atoms with van der Waals surface area (Å²) in [5.74, 6) is 0. The minimum atomic E-state index is 0. The van der Waals surface area contributed by atoms with E-state index in [0.29, 0.717) is 0 Å². The highest BCUT2D eigenvalue weighted by atomic mass is 35.5. The lowest BCUT2D eigenvalue weighted by Gasteiger charge is -1.96. The van der Waals surface area contributed by atoms with Crippen molar-refractivity contribution in [3.8, 4) is 0 Å². The molecule has 0 aliphatic rings. The van der Waals surface area contributed by atoms with Gasteiger partial charge in [-0.3, -0.25) is 0 Å². The Morgan fingerprint density at radius 2 is 1.15 bits per heavy atom. The van der Waals surface area contributed by atoms with E-state index in [1.54, 1.807) is 0 Å². The van der Waals surface area contributed by atoms with Gasteiger partial charge in [-0.25, -0.2) is 0 Å². The molecule has 13 heavy (non-hydrogen) atoms. The molecule has 0 radical (unpaired) electrons. The molecule has 0 aliphatic heterocycles. The second-order valence-electron chi connectivity index (χ2n) is 2.56. The van der Waals surface area contributed by atoms with Crippen LogP contribution in [0.4, 0.5) is 0 Å². The van der Waals surface area contributed by atoms with E-state index in [1.165, 1.54) is 38.5 Å². The quantitative estimate of drug-likeness (QED) is 0.570. The average molecular weight is 252 g/mol. The van der Waals surface area contributed by atoms with Crippen molar-refractivity contribution in [3.63, 3.8) is 0 Å². The van der Waals surface area contributed by atoms with Crippen LogP contribution in [0.3, 0.4) is 0 Å². The molecule has 0 aromatic carbocycles. The third-order valence-corrected chi connectivity index (χ3v) is 1.56. The van der Waals surface area contributed by atoms with Gasteiger partial charge in [0.15, 0.2) is 0 Å². The molecule has 1 nitrogen and oxygen atoms in total. The van der Waals surface area contributed by atoms with Crippen LogP contribution in [0.15, 0.2) is 0 Å². The molecule has 0 saturated carbocycles. The largest absolute Gasteiger partial charge is 0.330 e. The van der Waals surface area contributed by atoms with Crippen LogP contribution in [-0.4, -0.2) is 15.0 Å². The van der Waals surface area contributed by atoms with Crippen molar-refractivity contribution in [1.82, 2.24) is 0 Å². The molecule has 2 N–H and O–H groups in total. The maximum Gasteiger partial charge on any atom is 0.0814 e. The van der Waals surface area contributed by atoms with Crippen LogP contribution in [-0.2, 0) is 0 Å². The summed E-state index contributed by atoms with van der Waals surface area (Å²) in [7, 11) is 0. The Labute approximate surface area is 103 Å². The minimum absolute atomic E-state index is 0. The number of nitrogens with two attached hydrogens (primary N) is 1. The number of rotatable bonds is 6. The average Bonchev–Trinajstić information content (AvgIpc) is 1.89. The normalized spacial score (nSPS) is 6.92. The van der Waals surface area contributed by atoms with Crippen molar-refractivity contribution in [2.24, 2.45) is 5.73 Å². The van der Waals surface area contributed by atoms with E-state index in [2.05, 4.69) is 6.92 Å². The molecule has 0 unspecified atom stereocenters. The molecular formula is C8H25BCl3N. The molecule has 0 saturated heterocycles. The smallest absolute Gasteiger partial charge is 0.0814 e. The van der Waals surface area contributed by atoms with Crippen LogP contribution in [0.2, 0.25) is 0 Å². The number of hydrogen-bond acceptors (Lipinski definition) is 1. The summed E-state index contributed by atoms with van der Waals surface area (Å²) in [5.41, 5.74) is 5.34. The van der Waals surface area contributed by atoms with Gasteiger partial charge in [0.2, 0.25) is 0 Å². The molecule has 0 aromatic rings. The fourth-order valence-electron chi connectivity index (χ4n) is 0.925. The van der Waals surface area contributed by atoms with Crippen molar-refractivity contribution < 1.29 is 0 Å². The van der Waals surface area contributed by atoms with Gasteiger partial charge in [-0.05, 0) is 13.0 Å². The van der Waals surface area contributed by atoms with E-state index >= 15 is 0 Å². The molecule has 0 rings (SSSR count). The van der Waals surface area contributed by atoms with Gasteiger partial charge in [0.1, 0.15) is 0 Å². The molecule has 0 bridgehead atoms. The van der Waals surface area contributed by atoms with Crippen LogP contribution >= 0.6 is 37.2 Å². The van der Waals surface area contributed by atoms with E-state index in [4.69, 9.17) is 5.73 Å². The predicted molar refractivity (Wildman–Crippen MR) is 74.1 cm³/mol. The van der Waals surface area contributed by atoms with E-state index in [-0.39, 0.29) is 45.6 Å².